The molecule has 1 atom stereocenters. The van der Waals surface area contributed by atoms with E-state index in [1.807, 2.05) is 60.7 Å². The summed E-state index contributed by atoms with van der Waals surface area (Å²) in [5.41, 5.74) is 3.05. The first-order valence-electron chi connectivity index (χ1n) is 12.1. The molecule has 3 aromatic carbocycles. The molecule has 1 aliphatic rings. The van der Waals surface area contributed by atoms with Crippen LogP contribution in [0.4, 0.5) is 10.5 Å². The summed E-state index contributed by atoms with van der Waals surface area (Å²) in [7, 11) is 3.05. The number of aliphatic hydroxyl groups excluding tert-OH is 1. The van der Waals surface area contributed by atoms with Gasteiger partial charge in [0.1, 0.15) is 12.4 Å². The highest BCUT2D eigenvalue weighted by Crippen LogP contribution is 2.36. The maximum atomic E-state index is 13.7. The van der Waals surface area contributed by atoms with Crippen molar-refractivity contribution in [1.82, 2.24) is 4.90 Å². The number of amides is 2. The van der Waals surface area contributed by atoms with Crippen molar-refractivity contribution >= 4 is 23.3 Å². The smallest absolute Gasteiger partial charge is 0.409 e. The van der Waals surface area contributed by atoms with Gasteiger partial charge in [-0.1, -0.05) is 48.5 Å². The van der Waals surface area contributed by atoms with Crippen molar-refractivity contribution in [2.45, 2.75) is 19.1 Å². The summed E-state index contributed by atoms with van der Waals surface area (Å²) < 4.78 is 16.6. The third kappa shape index (κ3) is 6.07. The summed E-state index contributed by atoms with van der Waals surface area (Å²) in [5, 5.41) is 21.9. The van der Waals surface area contributed by atoms with E-state index in [4.69, 9.17) is 14.2 Å². The second kappa shape index (κ2) is 12.2. The highest BCUT2D eigenvalue weighted by Gasteiger charge is 2.30. The molecule has 3 aromatic rings. The third-order valence-corrected chi connectivity index (χ3v) is 6.34. The van der Waals surface area contributed by atoms with Gasteiger partial charge in [-0.05, 0) is 41.3 Å². The lowest BCUT2D eigenvalue weighted by molar-refractivity contribution is 0.0648. The lowest BCUT2D eigenvalue weighted by Crippen LogP contribution is -2.44. The van der Waals surface area contributed by atoms with Crippen molar-refractivity contribution in [2.24, 2.45) is 0 Å². The number of carboxylic acid groups (broad SMARTS) is 1. The van der Waals surface area contributed by atoms with Gasteiger partial charge in [-0.3, -0.25) is 10.1 Å². The standard InChI is InChI=1S/C29H30N2O7/c1-36-23-10-8-20(9-11-23)21-12-13-31(22(14-21)17-32)28(33)24-15-26(37-2)27(16-25(24)30-29(34)35)38-18-19-6-4-3-5-7-19/h3-11,14-16,22,30,32H,12-13,17-18H2,1-2H3,(H,34,35). The van der Waals surface area contributed by atoms with Crippen LogP contribution in [-0.2, 0) is 6.61 Å². The minimum absolute atomic E-state index is 0.0629. The van der Waals surface area contributed by atoms with Crippen LogP contribution in [0.2, 0.25) is 0 Å². The molecular formula is C29H30N2O7. The summed E-state index contributed by atoms with van der Waals surface area (Å²) >= 11 is 0. The SMILES string of the molecule is COc1ccc(C2=CC(CO)N(C(=O)c3cc(OC)c(OCc4ccccc4)cc3NC(=O)O)CC2)cc1. The summed E-state index contributed by atoms with van der Waals surface area (Å²) in [6, 6.07) is 19.4. The first-order valence-corrected chi connectivity index (χ1v) is 12.1. The Bertz CT molecular complexity index is 1310. The van der Waals surface area contributed by atoms with Gasteiger partial charge in [0.2, 0.25) is 0 Å². The number of carbonyl (C=O) groups excluding carboxylic acids is 1. The van der Waals surface area contributed by atoms with Crippen molar-refractivity contribution in [3.05, 3.63) is 89.5 Å². The van der Waals surface area contributed by atoms with E-state index in [-0.39, 0.29) is 36.0 Å². The monoisotopic (exact) mass is 518 g/mol. The molecule has 0 fully saturated rings. The van der Waals surface area contributed by atoms with Crippen molar-refractivity contribution < 1.29 is 34.0 Å². The van der Waals surface area contributed by atoms with Crippen LogP contribution in [0.1, 0.15) is 27.9 Å². The van der Waals surface area contributed by atoms with Crippen LogP contribution in [0, 0.1) is 0 Å². The van der Waals surface area contributed by atoms with Crippen molar-refractivity contribution in [2.75, 3.05) is 32.7 Å². The van der Waals surface area contributed by atoms with Gasteiger partial charge in [0.05, 0.1) is 38.1 Å². The fraction of sp³-hybridized carbons (Fsp3) is 0.241. The molecule has 9 nitrogen and oxygen atoms in total. The van der Waals surface area contributed by atoms with Crippen LogP contribution >= 0.6 is 0 Å². The number of hydrogen-bond donors (Lipinski definition) is 3. The summed E-state index contributed by atoms with van der Waals surface area (Å²) in [6.07, 6.45) is 1.10. The van der Waals surface area contributed by atoms with Crippen molar-refractivity contribution in [1.29, 1.82) is 0 Å². The molecule has 0 saturated heterocycles. The number of ether oxygens (including phenoxy) is 3. The number of carbonyl (C=O) groups is 2. The van der Waals surface area contributed by atoms with Gasteiger partial charge >= 0.3 is 6.09 Å². The van der Waals surface area contributed by atoms with Gasteiger partial charge in [-0.15, -0.1) is 0 Å². The fourth-order valence-corrected chi connectivity index (χ4v) is 4.38. The fourth-order valence-electron chi connectivity index (χ4n) is 4.38. The number of rotatable bonds is 9. The Balaban J connectivity index is 1.62. The van der Waals surface area contributed by atoms with E-state index in [0.29, 0.717) is 13.0 Å². The first-order chi connectivity index (χ1) is 18.4. The Morgan fingerprint density at radius 2 is 1.74 bits per heavy atom. The Hall–Kier alpha value is -4.50. The minimum atomic E-state index is -1.32. The van der Waals surface area contributed by atoms with Gasteiger partial charge in [-0.2, -0.15) is 0 Å². The van der Waals surface area contributed by atoms with Gasteiger partial charge in [0, 0.05) is 12.6 Å². The average molecular weight is 519 g/mol. The van der Waals surface area contributed by atoms with Gasteiger partial charge in [0.15, 0.2) is 11.5 Å². The molecule has 0 aromatic heterocycles. The largest absolute Gasteiger partial charge is 0.497 e. The Morgan fingerprint density at radius 3 is 2.37 bits per heavy atom. The molecule has 198 valence electrons. The number of hydrogen-bond acceptors (Lipinski definition) is 6. The van der Waals surface area contributed by atoms with Crippen LogP contribution in [-0.4, -0.2) is 60.5 Å². The molecule has 0 spiro atoms. The predicted molar refractivity (Wildman–Crippen MR) is 143 cm³/mol. The van der Waals surface area contributed by atoms with Crippen LogP contribution in [0.25, 0.3) is 5.57 Å². The van der Waals surface area contributed by atoms with E-state index in [2.05, 4.69) is 5.32 Å². The summed E-state index contributed by atoms with van der Waals surface area (Å²) in [6.45, 7) is 0.278. The number of anilines is 1. The number of aliphatic hydroxyl groups is 1. The Morgan fingerprint density at radius 1 is 1.00 bits per heavy atom. The molecule has 0 saturated carbocycles. The van der Waals surface area contributed by atoms with Gasteiger partial charge in [-0.25, -0.2) is 4.79 Å². The van der Waals surface area contributed by atoms with Crippen molar-refractivity contribution in [3.63, 3.8) is 0 Å². The molecule has 1 unspecified atom stereocenters. The van der Waals surface area contributed by atoms with Crippen LogP contribution < -0.4 is 19.5 Å². The highest BCUT2D eigenvalue weighted by atomic mass is 16.5. The molecule has 4 rings (SSSR count). The Kier molecular flexibility index (Phi) is 8.50. The summed E-state index contributed by atoms with van der Waals surface area (Å²) in [5.74, 6) is 0.873. The number of nitrogens with zero attached hydrogens (tertiary/aromatic N) is 1. The lowest BCUT2D eigenvalue weighted by Gasteiger charge is -2.34. The van der Waals surface area contributed by atoms with Crippen LogP contribution in [0.3, 0.4) is 0 Å². The second-order valence-electron chi connectivity index (χ2n) is 8.67. The topological polar surface area (TPSA) is 118 Å². The Labute approximate surface area is 220 Å². The maximum Gasteiger partial charge on any atom is 0.409 e. The van der Waals surface area contributed by atoms with Gasteiger partial charge < -0.3 is 29.3 Å². The number of nitrogens with one attached hydrogen (secondary N) is 1. The molecule has 1 heterocycles. The average Bonchev–Trinajstić information content (AvgIpc) is 2.95. The van der Waals surface area contributed by atoms with E-state index < -0.39 is 18.0 Å². The molecule has 0 aliphatic carbocycles. The van der Waals surface area contributed by atoms with Crippen molar-refractivity contribution in [3.8, 4) is 17.2 Å². The molecule has 38 heavy (non-hydrogen) atoms. The van der Waals surface area contributed by atoms with Crippen LogP contribution in [0.5, 0.6) is 17.2 Å². The molecule has 3 N–H and O–H groups in total. The lowest BCUT2D eigenvalue weighted by atomic mass is 9.95. The minimum Gasteiger partial charge on any atom is -0.497 e. The zero-order valence-corrected chi connectivity index (χ0v) is 21.2. The third-order valence-electron chi connectivity index (χ3n) is 6.34. The van der Waals surface area contributed by atoms with E-state index >= 15 is 0 Å². The first kappa shape index (κ1) is 26.6. The summed E-state index contributed by atoms with van der Waals surface area (Å²) in [4.78, 5) is 26.8. The van der Waals surface area contributed by atoms with Crippen LogP contribution in [0.15, 0.2) is 72.8 Å². The molecule has 9 heteroatoms. The zero-order chi connectivity index (χ0) is 27.1. The molecule has 1 aliphatic heterocycles. The molecule has 2 amide bonds. The maximum absolute atomic E-state index is 13.7. The zero-order valence-electron chi connectivity index (χ0n) is 21.2. The predicted octanol–water partition coefficient (Wildman–Crippen LogP) is 4.66. The highest BCUT2D eigenvalue weighted by molar-refractivity contribution is 6.04. The van der Waals surface area contributed by atoms with E-state index in [0.717, 1.165) is 22.4 Å². The molecular weight excluding hydrogens is 488 g/mol. The molecule has 0 bridgehead atoms. The number of methoxy groups -OCH3 is 2. The normalized spacial score (nSPS) is 14.9. The van der Waals surface area contributed by atoms with E-state index in [9.17, 15) is 19.8 Å². The molecule has 0 radical (unpaired) electrons. The second-order valence-corrected chi connectivity index (χ2v) is 8.67. The van der Waals surface area contributed by atoms with E-state index in [1.165, 1.54) is 24.1 Å². The number of benzene rings is 3. The van der Waals surface area contributed by atoms with E-state index in [1.54, 1.807) is 7.11 Å². The van der Waals surface area contributed by atoms with Gasteiger partial charge in [0.25, 0.3) is 5.91 Å². The quantitative estimate of drug-likeness (QED) is 0.377.